The average Bonchev–Trinajstić information content (AvgIpc) is 2.05. The molecule has 0 fully saturated rings. The molecule has 0 atom stereocenters. The molecule has 1 rings (SSSR count). The van der Waals surface area contributed by atoms with Gasteiger partial charge in [-0.05, 0) is 13.0 Å². The van der Waals surface area contributed by atoms with Gasteiger partial charge in [-0.2, -0.15) is 0 Å². The maximum atomic E-state index is 11.0. The molecule has 0 aliphatic carbocycles. The number of rotatable bonds is 2. The van der Waals surface area contributed by atoms with Gasteiger partial charge in [0, 0.05) is 6.20 Å². The van der Waals surface area contributed by atoms with Crippen LogP contribution < -0.4 is 10.3 Å². The normalized spacial score (nSPS) is 9.50. The lowest BCUT2D eigenvalue weighted by atomic mass is 10.2. The highest BCUT2D eigenvalue weighted by Gasteiger charge is 2.05. The summed E-state index contributed by atoms with van der Waals surface area (Å²) in [6, 6.07) is 1.42. The van der Waals surface area contributed by atoms with E-state index < -0.39 is 0 Å². The van der Waals surface area contributed by atoms with Crippen molar-refractivity contribution in [3.8, 4) is 5.75 Å². The molecule has 0 bridgehead atoms. The summed E-state index contributed by atoms with van der Waals surface area (Å²) in [6.45, 7) is 1.34. The third kappa shape index (κ3) is 1.53. The van der Waals surface area contributed by atoms with Crippen LogP contribution in [-0.4, -0.2) is 17.9 Å². The van der Waals surface area contributed by atoms with Crippen molar-refractivity contribution in [2.45, 2.75) is 6.92 Å². The van der Waals surface area contributed by atoms with Gasteiger partial charge in [0.1, 0.15) is 5.75 Å². The summed E-state index contributed by atoms with van der Waals surface area (Å²) in [5.74, 6) is 0.204. The summed E-state index contributed by atoms with van der Waals surface area (Å²) in [5, 5.41) is 0. The SMILES string of the molecule is COc1c[nH]c(=O)c(C(C)=O)c1. The highest BCUT2D eigenvalue weighted by molar-refractivity contribution is 5.93. The lowest BCUT2D eigenvalue weighted by molar-refractivity contribution is 0.101. The van der Waals surface area contributed by atoms with Gasteiger partial charge in [0.25, 0.3) is 5.56 Å². The molecule has 0 amide bonds. The van der Waals surface area contributed by atoms with Crippen molar-refractivity contribution < 1.29 is 9.53 Å². The number of aromatic amines is 1. The van der Waals surface area contributed by atoms with Crippen LogP contribution in [0.2, 0.25) is 0 Å². The molecular formula is C8H9NO3. The standard InChI is InChI=1S/C8H9NO3/c1-5(10)7-3-6(12-2)4-9-8(7)11/h3-4H,1-2H3,(H,9,11). The van der Waals surface area contributed by atoms with Crippen molar-refractivity contribution in [2.24, 2.45) is 0 Å². The molecule has 0 spiro atoms. The molecule has 4 nitrogen and oxygen atoms in total. The number of methoxy groups -OCH3 is 1. The van der Waals surface area contributed by atoms with E-state index in [1.54, 1.807) is 0 Å². The molecule has 0 unspecified atom stereocenters. The van der Waals surface area contributed by atoms with Gasteiger partial charge in [-0.1, -0.05) is 0 Å². The van der Waals surface area contributed by atoms with Gasteiger partial charge >= 0.3 is 0 Å². The molecule has 64 valence electrons. The predicted molar refractivity (Wildman–Crippen MR) is 43.6 cm³/mol. The fourth-order valence-electron chi connectivity index (χ4n) is 0.843. The number of hydrogen-bond donors (Lipinski definition) is 1. The van der Waals surface area contributed by atoms with E-state index in [-0.39, 0.29) is 16.9 Å². The van der Waals surface area contributed by atoms with E-state index in [0.717, 1.165) is 0 Å². The van der Waals surface area contributed by atoms with Gasteiger partial charge < -0.3 is 9.72 Å². The van der Waals surface area contributed by atoms with Gasteiger partial charge in [-0.25, -0.2) is 0 Å². The van der Waals surface area contributed by atoms with E-state index in [4.69, 9.17) is 4.74 Å². The summed E-state index contributed by atoms with van der Waals surface area (Å²) in [7, 11) is 1.47. The molecule has 12 heavy (non-hydrogen) atoms. The molecule has 1 aromatic rings. The third-order valence-electron chi connectivity index (χ3n) is 1.49. The van der Waals surface area contributed by atoms with Crippen molar-refractivity contribution >= 4 is 5.78 Å². The van der Waals surface area contributed by atoms with Crippen LogP contribution in [-0.2, 0) is 0 Å². The van der Waals surface area contributed by atoms with Gasteiger partial charge in [0.15, 0.2) is 5.78 Å². The van der Waals surface area contributed by atoms with Crippen molar-refractivity contribution in [3.05, 3.63) is 28.2 Å². The largest absolute Gasteiger partial charge is 0.495 e. The first-order valence-corrected chi connectivity index (χ1v) is 3.43. The molecule has 1 heterocycles. The Hall–Kier alpha value is -1.58. The molecule has 0 aromatic carbocycles. The van der Waals surface area contributed by atoms with E-state index in [0.29, 0.717) is 5.75 Å². The van der Waals surface area contributed by atoms with Crippen molar-refractivity contribution in [2.75, 3.05) is 7.11 Å². The van der Waals surface area contributed by atoms with Crippen molar-refractivity contribution in [1.29, 1.82) is 0 Å². The van der Waals surface area contributed by atoms with Crippen LogP contribution in [0.15, 0.2) is 17.1 Å². The first kappa shape index (κ1) is 8.52. The molecule has 4 heteroatoms. The lowest BCUT2D eigenvalue weighted by Crippen LogP contribution is -2.15. The molecular weight excluding hydrogens is 158 g/mol. The summed E-state index contributed by atoms with van der Waals surface area (Å²) >= 11 is 0. The van der Waals surface area contributed by atoms with E-state index in [2.05, 4.69) is 4.98 Å². The fourth-order valence-corrected chi connectivity index (χ4v) is 0.843. The Labute approximate surface area is 69.2 Å². The molecule has 1 aromatic heterocycles. The Bertz CT molecular complexity index is 354. The first-order chi connectivity index (χ1) is 5.65. The minimum atomic E-state index is -0.386. The predicted octanol–water partition coefficient (Wildman–Crippen LogP) is 0.586. The summed E-state index contributed by atoms with van der Waals surface area (Å²) in [6.07, 6.45) is 1.41. The molecule has 1 N–H and O–H groups in total. The zero-order valence-electron chi connectivity index (χ0n) is 6.88. The highest BCUT2D eigenvalue weighted by atomic mass is 16.5. The topological polar surface area (TPSA) is 59.2 Å². The molecule has 0 saturated carbocycles. The third-order valence-corrected chi connectivity index (χ3v) is 1.49. The Morgan fingerprint density at radius 2 is 2.25 bits per heavy atom. The van der Waals surface area contributed by atoms with Gasteiger partial charge in [-0.3, -0.25) is 9.59 Å². The van der Waals surface area contributed by atoms with Gasteiger partial charge in [-0.15, -0.1) is 0 Å². The lowest BCUT2D eigenvalue weighted by Gasteiger charge is -1.99. The van der Waals surface area contributed by atoms with E-state index in [9.17, 15) is 9.59 Å². The summed E-state index contributed by atoms with van der Waals surface area (Å²) in [5.41, 5.74) is -0.266. The van der Waals surface area contributed by atoms with Crippen molar-refractivity contribution in [3.63, 3.8) is 0 Å². The number of nitrogens with one attached hydrogen (secondary N) is 1. The molecule has 0 aliphatic heterocycles. The Balaban J connectivity index is 3.26. The number of H-pyrrole nitrogens is 1. The van der Waals surface area contributed by atoms with Crippen LogP contribution in [0.4, 0.5) is 0 Å². The van der Waals surface area contributed by atoms with Gasteiger partial charge in [0.2, 0.25) is 0 Å². The second-order valence-corrected chi connectivity index (χ2v) is 2.34. The number of hydrogen-bond acceptors (Lipinski definition) is 3. The quantitative estimate of drug-likeness (QED) is 0.655. The van der Waals surface area contributed by atoms with Crippen LogP contribution in [0.5, 0.6) is 5.75 Å². The molecule has 0 saturated heterocycles. The van der Waals surface area contributed by atoms with E-state index in [1.165, 1.54) is 26.3 Å². The Morgan fingerprint density at radius 3 is 2.75 bits per heavy atom. The average molecular weight is 167 g/mol. The summed E-state index contributed by atoms with van der Waals surface area (Å²) in [4.78, 5) is 24.3. The highest BCUT2D eigenvalue weighted by Crippen LogP contribution is 2.06. The fraction of sp³-hybridized carbons (Fsp3) is 0.250. The first-order valence-electron chi connectivity index (χ1n) is 3.43. The second kappa shape index (κ2) is 3.21. The molecule has 0 aliphatic rings. The molecule has 0 radical (unpaired) electrons. The zero-order valence-corrected chi connectivity index (χ0v) is 6.88. The number of ketones is 1. The van der Waals surface area contributed by atoms with Crippen LogP contribution >= 0.6 is 0 Å². The monoisotopic (exact) mass is 167 g/mol. The smallest absolute Gasteiger partial charge is 0.259 e. The number of carbonyl (C=O) groups excluding carboxylic acids is 1. The van der Waals surface area contributed by atoms with Crippen LogP contribution in [0, 0.1) is 0 Å². The second-order valence-electron chi connectivity index (χ2n) is 2.34. The minimum absolute atomic E-state index is 0.120. The Kier molecular flexibility index (Phi) is 2.28. The maximum Gasteiger partial charge on any atom is 0.259 e. The van der Waals surface area contributed by atoms with E-state index >= 15 is 0 Å². The van der Waals surface area contributed by atoms with Crippen molar-refractivity contribution in [1.82, 2.24) is 4.98 Å². The number of aromatic nitrogens is 1. The van der Waals surface area contributed by atoms with Crippen LogP contribution in [0.1, 0.15) is 17.3 Å². The van der Waals surface area contributed by atoms with Crippen LogP contribution in [0.3, 0.4) is 0 Å². The zero-order chi connectivity index (χ0) is 9.14. The van der Waals surface area contributed by atoms with Gasteiger partial charge in [0.05, 0.1) is 12.7 Å². The minimum Gasteiger partial charge on any atom is -0.495 e. The number of pyridine rings is 1. The summed E-state index contributed by atoms with van der Waals surface area (Å²) < 4.78 is 4.84. The number of ether oxygens (including phenoxy) is 1. The number of carbonyl (C=O) groups is 1. The number of Topliss-reactive ketones (excluding diaryl/α,β-unsaturated/α-hetero) is 1. The Morgan fingerprint density at radius 1 is 1.58 bits per heavy atom. The van der Waals surface area contributed by atoms with E-state index in [1.807, 2.05) is 0 Å². The van der Waals surface area contributed by atoms with Crippen LogP contribution in [0.25, 0.3) is 0 Å². The maximum absolute atomic E-state index is 11.0.